The normalized spacial score (nSPS) is 37.3. The molecule has 122 valence electrons. The van der Waals surface area contributed by atoms with E-state index in [1.807, 2.05) is 0 Å². The lowest BCUT2D eigenvalue weighted by Crippen LogP contribution is -2.47. The highest BCUT2D eigenvalue weighted by atomic mass is 15.2. The van der Waals surface area contributed by atoms with Crippen LogP contribution in [0.25, 0.3) is 0 Å². The fourth-order valence-corrected chi connectivity index (χ4v) is 5.13. The van der Waals surface area contributed by atoms with Crippen LogP contribution in [0.4, 0.5) is 0 Å². The lowest BCUT2D eigenvalue weighted by atomic mass is 9.81. The fraction of sp³-hybridized carbons (Fsp3) is 1.00. The molecule has 0 amide bonds. The third kappa shape index (κ3) is 4.22. The molecule has 0 aromatic rings. The number of hydrogen-bond acceptors (Lipinski definition) is 2. The van der Waals surface area contributed by atoms with Crippen molar-refractivity contribution >= 4 is 0 Å². The van der Waals surface area contributed by atoms with E-state index < -0.39 is 0 Å². The molecule has 0 aromatic heterocycles. The van der Waals surface area contributed by atoms with Crippen LogP contribution in [-0.2, 0) is 0 Å². The summed E-state index contributed by atoms with van der Waals surface area (Å²) in [6, 6.07) is 1.68. The van der Waals surface area contributed by atoms with Gasteiger partial charge in [0.2, 0.25) is 0 Å². The molecule has 3 atom stereocenters. The summed E-state index contributed by atoms with van der Waals surface area (Å²) < 4.78 is 0. The van der Waals surface area contributed by atoms with Gasteiger partial charge in [-0.15, -0.1) is 0 Å². The lowest BCUT2D eigenvalue weighted by molar-refractivity contribution is 0.112. The molecule has 2 heteroatoms. The van der Waals surface area contributed by atoms with Crippen molar-refractivity contribution in [1.82, 2.24) is 10.2 Å². The molecular formula is C19H36N2. The van der Waals surface area contributed by atoms with Gasteiger partial charge < -0.3 is 5.32 Å². The van der Waals surface area contributed by atoms with Crippen LogP contribution in [0.5, 0.6) is 0 Å². The second-order valence-corrected chi connectivity index (χ2v) is 7.90. The third-order valence-electron chi connectivity index (χ3n) is 6.53. The molecule has 1 N–H and O–H groups in total. The van der Waals surface area contributed by atoms with Crippen molar-refractivity contribution < 1.29 is 0 Å². The first kappa shape index (κ1) is 15.8. The van der Waals surface area contributed by atoms with E-state index in [-0.39, 0.29) is 0 Å². The summed E-state index contributed by atoms with van der Waals surface area (Å²) in [5.74, 6) is 1.97. The topological polar surface area (TPSA) is 15.3 Å². The molecule has 2 saturated carbocycles. The molecule has 3 aliphatic rings. The van der Waals surface area contributed by atoms with Gasteiger partial charge in [0.05, 0.1) is 0 Å². The standard InChI is InChI=1S/C19H36N2/c1-2-16-8-6-11-18(14-16)21-13-7-12-20-19(15-21)17-9-4-3-5-10-17/h16-20H,2-15H2,1H3. The smallest absolute Gasteiger partial charge is 0.0223 e. The largest absolute Gasteiger partial charge is 0.312 e. The number of nitrogens with one attached hydrogen (secondary N) is 1. The Kier molecular flexibility index (Phi) is 5.99. The summed E-state index contributed by atoms with van der Waals surface area (Å²) in [6.07, 6.45) is 16.1. The maximum atomic E-state index is 3.90. The number of hydrogen-bond donors (Lipinski definition) is 1. The van der Waals surface area contributed by atoms with Crippen molar-refractivity contribution in [2.75, 3.05) is 19.6 Å². The minimum absolute atomic E-state index is 0.787. The van der Waals surface area contributed by atoms with Crippen LogP contribution >= 0.6 is 0 Å². The van der Waals surface area contributed by atoms with Gasteiger partial charge in [0.1, 0.15) is 0 Å². The average Bonchev–Trinajstić information content (AvgIpc) is 2.82. The SMILES string of the molecule is CCC1CCCC(N2CCCNC(C3CCCCC3)C2)C1. The maximum absolute atomic E-state index is 3.90. The first-order valence-corrected chi connectivity index (χ1v) is 9.84. The summed E-state index contributed by atoms with van der Waals surface area (Å²) in [7, 11) is 0. The highest BCUT2D eigenvalue weighted by Gasteiger charge is 2.31. The van der Waals surface area contributed by atoms with Crippen LogP contribution in [0.2, 0.25) is 0 Å². The van der Waals surface area contributed by atoms with Crippen molar-refractivity contribution in [3.63, 3.8) is 0 Å². The van der Waals surface area contributed by atoms with E-state index in [0.29, 0.717) is 0 Å². The van der Waals surface area contributed by atoms with Crippen LogP contribution in [0.15, 0.2) is 0 Å². The van der Waals surface area contributed by atoms with Crippen LogP contribution < -0.4 is 5.32 Å². The van der Waals surface area contributed by atoms with E-state index in [2.05, 4.69) is 17.1 Å². The van der Waals surface area contributed by atoms with E-state index in [1.165, 1.54) is 90.3 Å². The van der Waals surface area contributed by atoms with Gasteiger partial charge in [-0.1, -0.05) is 45.4 Å². The quantitative estimate of drug-likeness (QED) is 0.838. The van der Waals surface area contributed by atoms with Crippen molar-refractivity contribution in [2.24, 2.45) is 11.8 Å². The molecule has 2 nitrogen and oxygen atoms in total. The van der Waals surface area contributed by atoms with Gasteiger partial charge in [0.15, 0.2) is 0 Å². The Morgan fingerprint density at radius 2 is 1.81 bits per heavy atom. The van der Waals surface area contributed by atoms with Crippen LogP contribution in [0.1, 0.15) is 77.6 Å². The van der Waals surface area contributed by atoms with Gasteiger partial charge in [-0.3, -0.25) is 4.90 Å². The molecular weight excluding hydrogens is 256 g/mol. The Balaban J connectivity index is 1.58. The molecule has 0 bridgehead atoms. The molecule has 1 aliphatic heterocycles. The Morgan fingerprint density at radius 1 is 0.952 bits per heavy atom. The predicted molar refractivity (Wildman–Crippen MR) is 90.6 cm³/mol. The molecule has 0 radical (unpaired) electrons. The van der Waals surface area contributed by atoms with Crippen molar-refractivity contribution in [3.8, 4) is 0 Å². The molecule has 1 saturated heterocycles. The van der Waals surface area contributed by atoms with E-state index >= 15 is 0 Å². The minimum atomic E-state index is 0.787. The van der Waals surface area contributed by atoms with Crippen molar-refractivity contribution in [3.05, 3.63) is 0 Å². The molecule has 3 fully saturated rings. The maximum Gasteiger partial charge on any atom is 0.0223 e. The second-order valence-electron chi connectivity index (χ2n) is 7.90. The Morgan fingerprint density at radius 3 is 2.62 bits per heavy atom. The summed E-state index contributed by atoms with van der Waals surface area (Å²) in [5, 5.41) is 3.90. The zero-order valence-corrected chi connectivity index (χ0v) is 14.2. The van der Waals surface area contributed by atoms with E-state index in [1.54, 1.807) is 0 Å². The van der Waals surface area contributed by atoms with Gasteiger partial charge in [-0.25, -0.2) is 0 Å². The highest BCUT2D eigenvalue weighted by molar-refractivity contribution is 4.88. The summed E-state index contributed by atoms with van der Waals surface area (Å²) in [5.41, 5.74) is 0. The minimum Gasteiger partial charge on any atom is -0.312 e. The van der Waals surface area contributed by atoms with Crippen molar-refractivity contribution in [1.29, 1.82) is 0 Å². The Bertz CT molecular complexity index is 298. The molecule has 21 heavy (non-hydrogen) atoms. The monoisotopic (exact) mass is 292 g/mol. The molecule has 3 rings (SSSR count). The summed E-state index contributed by atoms with van der Waals surface area (Å²) in [4.78, 5) is 2.89. The number of nitrogens with zero attached hydrogens (tertiary/aromatic N) is 1. The lowest BCUT2D eigenvalue weighted by Gasteiger charge is -2.39. The molecule has 2 aliphatic carbocycles. The van der Waals surface area contributed by atoms with Crippen LogP contribution in [-0.4, -0.2) is 36.6 Å². The van der Waals surface area contributed by atoms with Crippen molar-refractivity contribution in [2.45, 2.75) is 89.6 Å². The zero-order valence-electron chi connectivity index (χ0n) is 14.2. The molecule has 0 aromatic carbocycles. The summed E-state index contributed by atoms with van der Waals surface area (Å²) in [6.45, 7) is 6.33. The molecule has 3 unspecified atom stereocenters. The predicted octanol–water partition coefficient (Wildman–Crippen LogP) is 4.20. The molecule has 0 spiro atoms. The van der Waals surface area contributed by atoms with E-state index in [4.69, 9.17) is 0 Å². The van der Waals surface area contributed by atoms with Crippen LogP contribution in [0.3, 0.4) is 0 Å². The third-order valence-corrected chi connectivity index (χ3v) is 6.53. The summed E-state index contributed by atoms with van der Waals surface area (Å²) >= 11 is 0. The Labute approximate surface area is 132 Å². The van der Waals surface area contributed by atoms with E-state index in [0.717, 1.165) is 23.9 Å². The van der Waals surface area contributed by atoms with Gasteiger partial charge in [-0.05, 0) is 57.0 Å². The number of rotatable bonds is 3. The van der Waals surface area contributed by atoms with Gasteiger partial charge >= 0.3 is 0 Å². The first-order valence-electron chi connectivity index (χ1n) is 9.84. The van der Waals surface area contributed by atoms with Crippen LogP contribution in [0, 0.1) is 11.8 Å². The van der Waals surface area contributed by atoms with Gasteiger partial charge in [0.25, 0.3) is 0 Å². The Hall–Kier alpha value is -0.0800. The molecule has 1 heterocycles. The second kappa shape index (κ2) is 7.97. The highest BCUT2D eigenvalue weighted by Crippen LogP contribution is 2.32. The van der Waals surface area contributed by atoms with Gasteiger partial charge in [0, 0.05) is 18.6 Å². The van der Waals surface area contributed by atoms with Gasteiger partial charge in [-0.2, -0.15) is 0 Å². The fourth-order valence-electron chi connectivity index (χ4n) is 5.13. The van der Waals surface area contributed by atoms with E-state index in [9.17, 15) is 0 Å². The zero-order chi connectivity index (χ0) is 14.5. The average molecular weight is 293 g/mol. The first-order chi connectivity index (χ1) is 10.4.